The minimum absolute atomic E-state index is 0.337. The standard InChI is InChI=1S/C22H22N4O3/c1-3-29-22(27)17-7-8-20-19(12-17)24-15-26(20)18-6-4-5-16(11-18)13-28-14-21-23-9-10-25(21)2/h4-12,15H,3,13-14H2,1-2H3. The van der Waals surface area contributed by atoms with Crippen molar-refractivity contribution in [3.8, 4) is 5.69 Å². The van der Waals surface area contributed by atoms with Crippen molar-refractivity contribution < 1.29 is 14.3 Å². The molecule has 0 amide bonds. The maximum Gasteiger partial charge on any atom is 0.338 e. The zero-order valence-corrected chi connectivity index (χ0v) is 16.4. The highest BCUT2D eigenvalue weighted by atomic mass is 16.5. The quantitative estimate of drug-likeness (QED) is 0.451. The number of hydrogen-bond donors (Lipinski definition) is 0. The molecule has 4 rings (SSSR count). The second-order valence-electron chi connectivity index (χ2n) is 6.66. The first-order valence-corrected chi connectivity index (χ1v) is 9.43. The molecule has 0 atom stereocenters. The number of ether oxygens (including phenoxy) is 2. The van der Waals surface area contributed by atoms with Gasteiger partial charge in [-0.2, -0.15) is 0 Å². The average molecular weight is 390 g/mol. The number of benzene rings is 2. The van der Waals surface area contributed by atoms with Crippen LogP contribution in [0.1, 0.15) is 28.7 Å². The molecule has 29 heavy (non-hydrogen) atoms. The van der Waals surface area contributed by atoms with Crippen molar-refractivity contribution in [1.82, 2.24) is 19.1 Å². The highest BCUT2D eigenvalue weighted by molar-refractivity contribution is 5.93. The third kappa shape index (κ3) is 4.05. The number of nitrogens with zero attached hydrogens (tertiary/aromatic N) is 4. The van der Waals surface area contributed by atoms with Gasteiger partial charge in [0, 0.05) is 25.1 Å². The summed E-state index contributed by atoms with van der Waals surface area (Å²) in [5, 5.41) is 0. The molecule has 0 saturated carbocycles. The zero-order chi connectivity index (χ0) is 20.2. The maximum absolute atomic E-state index is 11.9. The number of fused-ring (bicyclic) bond motifs is 1. The molecule has 0 bridgehead atoms. The number of aryl methyl sites for hydroxylation is 1. The number of imidazole rings is 2. The van der Waals surface area contributed by atoms with Crippen LogP contribution < -0.4 is 0 Å². The van der Waals surface area contributed by atoms with Gasteiger partial charge in [-0.1, -0.05) is 12.1 Å². The molecule has 2 aromatic heterocycles. The van der Waals surface area contributed by atoms with E-state index in [1.165, 1.54) is 0 Å². The number of aromatic nitrogens is 4. The molecule has 7 nitrogen and oxygen atoms in total. The van der Waals surface area contributed by atoms with Crippen LogP contribution in [-0.2, 0) is 29.7 Å². The first-order chi connectivity index (χ1) is 14.2. The molecule has 0 aliphatic heterocycles. The third-order valence-electron chi connectivity index (χ3n) is 4.67. The van der Waals surface area contributed by atoms with Crippen molar-refractivity contribution in [3.05, 3.63) is 78.1 Å². The predicted octanol–water partition coefficient (Wildman–Crippen LogP) is 3.65. The van der Waals surface area contributed by atoms with Crippen LogP contribution in [0.15, 0.2) is 61.2 Å². The normalized spacial score (nSPS) is 11.1. The van der Waals surface area contributed by atoms with Crippen molar-refractivity contribution in [3.63, 3.8) is 0 Å². The molecular formula is C22H22N4O3. The van der Waals surface area contributed by atoms with Crippen molar-refractivity contribution in [2.75, 3.05) is 6.61 Å². The molecular weight excluding hydrogens is 368 g/mol. The Kier molecular flexibility index (Phi) is 5.39. The Morgan fingerprint density at radius 1 is 1.10 bits per heavy atom. The second-order valence-corrected chi connectivity index (χ2v) is 6.66. The van der Waals surface area contributed by atoms with Gasteiger partial charge in [-0.15, -0.1) is 0 Å². The maximum atomic E-state index is 11.9. The fourth-order valence-electron chi connectivity index (χ4n) is 3.15. The summed E-state index contributed by atoms with van der Waals surface area (Å²) in [7, 11) is 1.95. The van der Waals surface area contributed by atoms with Gasteiger partial charge in [-0.3, -0.25) is 4.57 Å². The van der Waals surface area contributed by atoms with Gasteiger partial charge in [0.05, 0.1) is 29.8 Å². The molecule has 0 radical (unpaired) electrons. The van der Waals surface area contributed by atoms with Gasteiger partial charge in [-0.25, -0.2) is 14.8 Å². The Labute approximate surface area is 168 Å². The molecule has 4 aromatic rings. The van der Waals surface area contributed by atoms with E-state index >= 15 is 0 Å². The lowest BCUT2D eigenvalue weighted by Gasteiger charge is -2.09. The zero-order valence-electron chi connectivity index (χ0n) is 16.4. The summed E-state index contributed by atoms with van der Waals surface area (Å²) in [5.41, 5.74) is 4.20. The van der Waals surface area contributed by atoms with Gasteiger partial charge in [-0.05, 0) is 42.8 Å². The number of esters is 1. The molecule has 0 fully saturated rings. The molecule has 148 valence electrons. The van der Waals surface area contributed by atoms with Gasteiger partial charge in [0.25, 0.3) is 0 Å². The van der Waals surface area contributed by atoms with E-state index in [-0.39, 0.29) is 5.97 Å². The van der Waals surface area contributed by atoms with Crippen LogP contribution in [0.2, 0.25) is 0 Å². The Bertz CT molecular complexity index is 1150. The summed E-state index contributed by atoms with van der Waals surface area (Å²) in [5.74, 6) is 0.551. The SMILES string of the molecule is CCOC(=O)c1ccc2c(c1)ncn2-c1cccc(COCc2nccn2C)c1. The van der Waals surface area contributed by atoms with Crippen LogP contribution in [0.5, 0.6) is 0 Å². The highest BCUT2D eigenvalue weighted by Gasteiger charge is 2.11. The van der Waals surface area contributed by atoms with Crippen LogP contribution in [0.25, 0.3) is 16.7 Å². The van der Waals surface area contributed by atoms with E-state index in [4.69, 9.17) is 9.47 Å². The van der Waals surface area contributed by atoms with E-state index in [2.05, 4.69) is 16.0 Å². The molecule has 0 unspecified atom stereocenters. The topological polar surface area (TPSA) is 71.2 Å². The molecule has 2 aromatic carbocycles. The van der Waals surface area contributed by atoms with Crippen LogP contribution in [0.3, 0.4) is 0 Å². The van der Waals surface area contributed by atoms with Crippen LogP contribution >= 0.6 is 0 Å². The van der Waals surface area contributed by atoms with E-state index in [0.717, 1.165) is 28.1 Å². The Balaban J connectivity index is 1.52. The summed E-state index contributed by atoms with van der Waals surface area (Å²) < 4.78 is 14.8. The van der Waals surface area contributed by atoms with E-state index in [1.807, 2.05) is 46.6 Å². The van der Waals surface area contributed by atoms with Crippen LogP contribution in [0.4, 0.5) is 0 Å². The van der Waals surface area contributed by atoms with Crippen molar-refractivity contribution in [2.45, 2.75) is 20.1 Å². The number of rotatable bonds is 7. The third-order valence-corrected chi connectivity index (χ3v) is 4.67. The summed E-state index contributed by atoms with van der Waals surface area (Å²) in [6.07, 6.45) is 5.42. The van der Waals surface area contributed by atoms with Crippen molar-refractivity contribution in [1.29, 1.82) is 0 Å². The van der Waals surface area contributed by atoms with E-state index in [0.29, 0.717) is 25.4 Å². The van der Waals surface area contributed by atoms with E-state index in [9.17, 15) is 4.79 Å². The van der Waals surface area contributed by atoms with E-state index in [1.54, 1.807) is 31.6 Å². The van der Waals surface area contributed by atoms with Gasteiger partial charge in [0.15, 0.2) is 0 Å². The lowest BCUT2D eigenvalue weighted by Crippen LogP contribution is -2.04. The Morgan fingerprint density at radius 3 is 2.79 bits per heavy atom. The molecule has 2 heterocycles. The highest BCUT2D eigenvalue weighted by Crippen LogP contribution is 2.21. The predicted molar refractivity (Wildman–Crippen MR) is 109 cm³/mol. The first-order valence-electron chi connectivity index (χ1n) is 9.43. The fourth-order valence-corrected chi connectivity index (χ4v) is 3.15. The minimum atomic E-state index is -0.337. The summed E-state index contributed by atoms with van der Waals surface area (Å²) in [6, 6.07) is 13.5. The van der Waals surface area contributed by atoms with Crippen molar-refractivity contribution >= 4 is 17.0 Å². The summed E-state index contributed by atoms with van der Waals surface area (Å²) in [4.78, 5) is 20.6. The number of hydrogen-bond acceptors (Lipinski definition) is 5. The van der Waals surface area contributed by atoms with Crippen molar-refractivity contribution in [2.24, 2.45) is 7.05 Å². The van der Waals surface area contributed by atoms with Gasteiger partial charge >= 0.3 is 5.97 Å². The lowest BCUT2D eigenvalue weighted by molar-refractivity contribution is 0.0526. The number of carbonyl (C=O) groups is 1. The average Bonchev–Trinajstić information content (AvgIpc) is 3.34. The molecule has 0 aliphatic carbocycles. The van der Waals surface area contributed by atoms with Crippen LogP contribution in [-0.4, -0.2) is 31.7 Å². The molecule has 0 saturated heterocycles. The largest absolute Gasteiger partial charge is 0.462 e. The summed E-state index contributed by atoms with van der Waals surface area (Å²) >= 11 is 0. The Hall–Kier alpha value is -3.45. The lowest BCUT2D eigenvalue weighted by atomic mass is 10.2. The second kappa shape index (κ2) is 8.28. The molecule has 0 aliphatic rings. The monoisotopic (exact) mass is 390 g/mol. The smallest absolute Gasteiger partial charge is 0.338 e. The van der Waals surface area contributed by atoms with E-state index < -0.39 is 0 Å². The molecule has 7 heteroatoms. The summed E-state index contributed by atoms with van der Waals surface area (Å²) in [6.45, 7) is 3.08. The van der Waals surface area contributed by atoms with Crippen LogP contribution in [0, 0.1) is 0 Å². The molecule has 0 spiro atoms. The Morgan fingerprint density at radius 2 is 2.00 bits per heavy atom. The first kappa shape index (κ1) is 18.9. The number of carbonyl (C=O) groups excluding carboxylic acids is 1. The van der Waals surface area contributed by atoms with Gasteiger partial charge in [0.1, 0.15) is 18.8 Å². The fraction of sp³-hybridized carbons (Fsp3) is 0.227. The minimum Gasteiger partial charge on any atom is -0.462 e. The van der Waals surface area contributed by atoms with Gasteiger partial charge in [0.2, 0.25) is 0 Å². The van der Waals surface area contributed by atoms with Gasteiger partial charge < -0.3 is 14.0 Å². The molecule has 0 N–H and O–H groups in total.